The quantitative estimate of drug-likeness (QED) is 0.612. The lowest BCUT2D eigenvalue weighted by Crippen LogP contribution is -2.41. The molecule has 2 aromatic rings. The van der Waals surface area contributed by atoms with E-state index in [4.69, 9.17) is 10.5 Å². The molecule has 30 heavy (non-hydrogen) atoms. The lowest BCUT2D eigenvalue weighted by molar-refractivity contribution is -0.133. The van der Waals surface area contributed by atoms with E-state index in [1.165, 1.54) is 21.3 Å². The van der Waals surface area contributed by atoms with E-state index in [0.29, 0.717) is 11.3 Å². The van der Waals surface area contributed by atoms with E-state index in [2.05, 4.69) is 10.1 Å². The fraction of sp³-hybridized carbons (Fsp3) is 0.200. The predicted molar refractivity (Wildman–Crippen MR) is 111 cm³/mol. The van der Waals surface area contributed by atoms with Crippen LogP contribution in [0.5, 0.6) is 5.75 Å². The van der Waals surface area contributed by atoms with Crippen molar-refractivity contribution >= 4 is 40.7 Å². The second-order valence-electron chi connectivity index (χ2n) is 6.19. The first-order chi connectivity index (χ1) is 14.4. The number of hydrogen-bond donors (Lipinski definition) is 2. The Kier molecular flexibility index (Phi) is 5.75. The third-order valence-corrected chi connectivity index (χ3v) is 5.73. The van der Waals surface area contributed by atoms with Crippen LogP contribution in [0.15, 0.2) is 34.6 Å². The van der Waals surface area contributed by atoms with E-state index in [1.807, 2.05) is 6.07 Å². The molecule has 154 valence electrons. The topological polar surface area (TPSA) is 136 Å². The lowest BCUT2D eigenvalue weighted by atomic mass is 9.83. The number of carbonyl (C=O) groups excluding carboxylic acids is 2. The molecule has 2 heterocycles. The summed E-state index contributed by atoms with van der Waals surface area (Å²) in [6.07, 6.45) is 1.03. The smallest absolute Gasteiger partial charge is 0.332 e. The Labute approximate surface area is 174 Å². The molecule has 0 bridgehead atoms. The van der Waals surface area contributed by atoms with E-state index in [-0.39, 0.29) is 26.2 Å². The molecular formula is C20H18N4O5S. The van der Waals surface area contributed by atoms with Crippen LogP contribution in [0, 0.1) is 11.3 Å². The lowest BCUT2D eigenvalue weighted by Gasteiger charge is -2.25. The van der Waals surface area contributed by atoms with Gasteiger partial charge >= 0.3 is 5.97 Å². The molecule has 9 nitrogen and oxygen atoms in total. The Hall–Kier alpha value is -3.84. The van der Waals surface area contributed by atoms with Gasteiger partial charge in [0.15, 0.2) is 0 Å². The van der Waals surface area contributed by atoms with E-state index in [1.54, 1.807) is 24.3 Å². The monoisotopic (exact) mass is 426 g/mol. The van der Waals surface area contributed by atoms with Crippen LogP contribution in [0.1, 0.15) is 11.5 Å². The number of hydrogen-bond acceptors (Lipinski definition) is 8. The zero-order valence-electron chi connectivity index (χ0n) is 16.4. The summed E-state index contributed by atoms with van der Waals surface area (Å²) >= 11 is 0.923. The summed E-state index contributed by atoms with van der Waals surface area (Å²) in [5.74, 6) is -1.59. The second kappa shape index (κ2) is 8.26. The van der Waals surface area contributed by atoms with E-state index in [0.717, 1.165) is 22.0 Å². The molecule has 1 aliphatic heterocycles. The zero-order valence-corrected chi connectivity index (χ0v) is 17.2. The van der Waals surface area contributed by atoms with Crippen molar-refractivity contribution in [2.45, 2.75) is 5.92 Å². The van der Waals surface area contributed by atoms with Crippen molar-refractivity contribution in [3.05, 3.63) is 55.0 Å². The van der Waals surface area contributed by atoms with Gasteiger partial charge in [-0.05, 0) is 17.7 Å². The minimum atomic E-state index is -0.825. The first-order valence-electron chi connectivity index (χ1n) is 8.69. The van der Waals surface area contributed by atoms with Crippen LogP contribution in [0.2, 0.25) is 0 Å². The first kappa shape index (κ1) is 20.9. The zero-order chi connectivity index (χ0) is 22.0. The molecule has 3 rings (SSSR count). The van der Waals surface area contributed by atoms with E-state index >= 15 is 0 Å². The molecule has 1 amide bonds. The number of benzene rings is 1. The molecule has 0 fully saturated rings. The van der Waals surface area contributed by atoms with Crippen LogP contribution in [0.4, 0.5) is 0 Å². The Morgan fingerprint density at radius 3 is 2.70 bits per heavy atom. The number of nitriles is 1. The molecule has 1 atom stereocenters. The van der Waals surface area contributed by atoms with Crippen molar-refractivity contribution in [2.75, 3.05) is 21.3 Å². The highest BCUT2D eigenvalue weighted by Gasteiger charge is 2.35. The van der Waals surface area contributed by atoms with Gasteiger partial charge in [-0.15, -0.1) is 11.3 Å². The second-order valence-corrected chi connectivity index (χ2v) is 7.22. The third-order valence-electron chi connectivity index (χ3n) is 4.62. The fourth-order valence-corrected chi connectivity index (χ4v) is 4.36. The molecule has 0 saturated heterocycles. The Balaban J connectivity index is 2.48. The maximum Gasteiger partial charge on any atom is 0.332 e. The Morgan fingerprint density at radius 2 is 2.10 bits per heavy atom. The van der Waals surface area contributed by atoms with Crippen LogP contribution >= 0.6 is 11.3 Å². The van der Waals surface area contributed by atoms with Gasteiger partial charge in [-0.3, -0.25) is 14.2 Å². The molecule has 1 unspecified atom stereocenters. The average molecular weight is 426 g/mol. The molecule has 0 saturated carbocycles. The highest BCUT2D eigenvalue weighted by Crippen LogP contribution is 2.37. The van der Waals surface area contributed by atoms with Crippen LogP contribution in [0.25, 0.3) is 17.5 Å². The number of methoxy groups -OCH3 is 2. The van der Waals surface area contributed by atoms with Gasteiger partial charge in [-0.2, -0.15) is 5.26 Å². The van der Waals surface area contributed by atoms with Crippen molar-refractivity contribution in [3.8, 4) is 11.8 Å². The molecule has 3 N–H and O–H groups in total. The van der Waals surface area contributed by atoms with Gasteiger partial charge in [0, 0.05) is 13.1 Å². The molecule has 0 spiro atoms. The fourth-order valence-electron chi connectivity index (χ4n) is 3.22. The normalized spacial score (nSPS) is 16.0. The number of thiazole rings is 1. The van der Waals surface area contributed by atoms with E-state index < -0.39 is 23.4 Å². The number of aromatic nitrogens is 1. The summed E-state index contributed by atoms with van der Waals surface area (Å²) in [4.78, 5) is 37.4. The summed E-state index contributed by atoms with van der Waals surface area (Å²) < 4.78 is 11.2. The molecule has 1 aromatic carbocycles. The van der Waals surface area contributed by atoms with Gasteiger partial charge in [0.1, 0.15) is 20.8 Å². The molecule has 0 aliphatic carbocycles. The number of allylic oxidation sites excluding steroid dienone is 1. The number of amides is 1. The maximum absolute atomic E-state index is 12.9. The number of rotatable bonds is 4. The van der Waals surface area contributed by atoms with Gasteiger partial charge in [0.05, 0.1) is 37.4 Å². The van der Waals surface area contributed by atoms with Crippen LogP contribution in [-0.4, -0.2) is 37.7 Å². The van der Waals surface area contributed by atoms with Gasteiger partial charge in [0.25, 0.3) is 11.5 Å². The highest BCUT2D eigenvalue weighted by atomic mass is 32.1. The van der Waals surface area contributed by atoms with Gasteiger partial charge in [-0.25, -0.2) is 4.79 Å². The van der Waals surface area contributed by atoms with Crippen molar-refractivity contribution in [1.82, 2.24) is 9.88 Å². The summed E-state index contributed by atoms with van der Waals surface area (Å²) in [5.41, 5.74) is 6.39. The summed E-state index contributed by atoms with van der Waals surface area (Å²) in [6, 6.07) is 8.93. The minimum Gasteiger partial charge on any atom is -0.497 e. The Morgan fingerprint density at radius 1 is 1.37 bits per heavy atom. The van der Waals surface area contributed by atoms with E-state index in [9.17, 15) is 19.6 Å². The molecular weight excluding hydrogens is 408 g/mol. The minimum absolute atomic E-state index is 0.0322. The first-order valence-corrected chi connectivity index (χ1v) is 9.51. The average Bonchev–Trinajstić information content (AvgIpc) is 3.08. The van der Waals surface area contributed by atoms with Crippen molar-refractivity contribution in [1.29, 1.82) is 5.26 Å². The SMILES string of the molecule is CNC(=O)C1=c2s/c(=C\C(=O)OC)c(=O)n2C(N)=C(C#N)C1c1cccc(OC)c1. The number of carbonyl (C=O) groups is 2. The number of nitrogens with zero attached hydrogens (tertiary/aromatic N) is 2. The third kappa shape index (κ3) is 3.35. The number of nitrogens with two attached hydrogens (primary N) is 1. The molecule has 10 heteroatoms. The highest BCUT2D eigenvalue weighted by molar-refractivity contribution is 7.07. The predicted octanol–water partition coefficient (Wildman–Crippen LogP) is -0.783. The van der Waals surface area contributed by atoms with Crippen molar-refractivity contribution < 1.29 is 19.1 Å². The summed E-state index contributed by atoms with van der Waals surface area (Å²) in [7, 11) is 4.14. The summed E-state index contributed by atoms with van der Waals surface area (Å²) in [6.45, 7) is 0. The Bertz CT molecular complexity index is 1300. The van der Waals surface area contributed by atoms with Gasteiger partial charge in [0.2, 0.25) is 0 Å². The van der Waals surface area contributed by atoms with Crippen molar-refractivity contribution in [2.24, 2.45) is 5.73 Å². The molecule has 0 radical (unpaired) electrons. The number of fused-ring (bicyclic) bond motifs is 1. The van der Waals surface area contributed by atoms with Gasteiger partial charge < -0.3 is 20.5 Å². The number of esters is 1. The molecule has 1 aromatic heterocycles. The number of nitrogens with one attached hydrogen (secondary N) is 1. The summed E-state index contributed by atoms with van der Waals surface area (Å²) in [5, 5.41) is 12.4. The van der Waals surface area contributed by atoms with Crippen molar-refractivity contribution in [3.63, 3.8) is 0 Å². The largest absolute Gasteiger partial charge is 0.497 e. The van der Waals surface area contributed by atoms with Crippen LogP contribution in [-0.2, 0) is 14.3 Å². The maximum atomic E-state index is 12.9. The van der Waals surface area contributed by atoms with Gasteiger partial charge in [-0.1, -0.05) is 12.1 Å². The van der Waals surface area contributed by atoms with Crippen LogP contribution < -0.4 is 30.5 Å². The van der Waals surface area contributed by atoms with Crippen LogP contribution in [0.3, 0.4) is 0 Å². The number of ether oxygens (including phenoxy) is 2. The standard InChI is InChI=1S/C20H18N4O5S/c1-23-18(26)16-15(10-5-4-6-11(7-10)28-2)12(9-21)17(22)24-19(27)13(30-20(16)24)8-14(25)29-3/h4-8,15H,22H2,1-3H3,(H,23,26)/b13-8-. The molecule has 1 aliphatic rings.